The van der Waals surface area contributed by atoms with E-state index in [1.165, 1.54) is 7.11 Å². The second kappa shape index (κ2) is 6.98. The van der Waals surface area contributed by atoms with Gasteiger partial charge in [-0.05, 0) is 49.0 Å². The van der Waals surface area contributed by atoms with E-state index < -0.39 is 5.97 Å². The lowest BCUT2D eigenvalue weighted by molar-refractivity contribution is 0.0692. The lowest BCUT2D eigenvalue weighted by Crippen LogP contribution is -2.11. The number of carboxylic acids is 1. The maximum atomic E-state index is 11.4. The van der Waals surface area contributed by atoms with Crippen LogP contribution in [-0.2, 0) is 6.42 Å². The zero-order valence-corrected chi connectivity index (χ0v) is 12.1. The molecule has 0 amide bonds. The molecular weight excluding hydrogens is 240 g/mol. The van der Waals surface area contributed by atoms with Crippen molar-refractivity contribution in [3.63, 3.8) is 0 Å². The minimum absolute atomic E-state index is 0.304. The smallest absolute Gasteiger partial charge is 0.340 e. The number of benzene rings is 1. The summed E-state index contributed by atoms with van der Waals surface area (Å²) < 4.78 is 5.16. The fourth-order valence-corrected chi connectivity index (χ4v) is 2.47. The van der Waals surface area contributed by atoms with E-state index in [1.807, 2.05) is 32.9 Å². The first kappa shape index (κ1) is 15.3. The van der Waals surface area contributed by atoms with Crippen LogP contribution in [0, 0.1) is 0 Å². The second-order valence-electron chi connectivity index (χ2n) is 4.15. The molecular formula is C16H22O3. The average Bonchev–Trinajstić information content (AvgIpc) is 2.47. The zero-order valence-electron chi connectivity index (χ0n) is 12.1. The maximum Gasteiger partial charge on any atom is 0.340 e. The molecule has 0 aliphatic heterocycles. The molecule has 0 radical (unpaired) electrons. The van der Waals surface area contributed by atoms with Crippen LogP contribution in [-0.4, -0.2) is 18.2 Å². The highest BCUT2D eigenvalue weighted by Gasteiger charge is 2.24. The molecule has 3 heteroatoms. The molecule has 0 fully saturated rings. The molecule has 104 valence electrons. The summed E-state index contributed by atoms with van der Waals surface area (Å²) in [6.45, 7) is 5.95. The summed E-state index contributed by atoms with van der Waals surface area (Å²) in [5.41, 5.74) is 3.40. The van der Waals surface area contributed by atoms with Gasteiger partial charge in [-0.25, -0.2) is 4.79 Å². The molecule has 0 aromatic heterocycles. The first-order valence-corrected chi connectivity index (χ1v) is 6.77. The van der Waals surface area contributed by atoms with Crippen LogP contribution in [0.15, 0.2) is 18.2 Å². The third-order valence-corrected chi connectivity index (χ3v) is 3.25. The van der Waals surface area contributed by atoms with Crippen LogP contribution < -0.4 is 4.74 Å². The van der Waals surface area contributed by atoms with Crippen molar-refractivity contribution in [2.75, 3.05) is 7.11 Å². The Bertz CT molecular complexity index is 487. The number of allylic oxidation sites excluding steroid dienone is 2. The van der Waals surface area contributed by atoms with E-state index in [2.05, 4.69) is 0 Å². The van der Waals surface area contributed by atoms with Gasteiger partial charge in [-0.15, -0.1) is 0 Å². The Morgan fingerprint density at radius 2 is 2.00 bits per heavy atom. The maximum absolute atomic E-state index is 11.4. The minimum Gasteiger partial charge on any atom is -0.496 e. The molecule has 2 rings (SSSR count). The first-order chi connectivity index (χ1) is 9.19. The molecule has 1 aliphatic carbocycles. The van der Waals surface area contributed by atoms with E-state index >= 15 is 0 Å². The zero-order chi connectivity index (χ0) is 14.4. The summed E-state index contributed by atoms with van der Waals surface area (Å²) in [7, 11) is 1.51. The van der Waals surface area contributed by atoms with Gasteiger partial charge in [-0.1, -0.05) is 26.0 Å². The van der Waals surface area contributed by atoms with Crippen molar-refractivity contribution in [2.45, 2.75) is 40.0 Å². The monoisotopic (exact) mass is 262 g/mol. The van der Waals surface area contributed by atoms with E-state index in [1.54, 1.807) is 6.07 Å². The van der Waals surface area contributed by atoms with Crippen molar-refractivity contribution in [1.82, 2.24) is 0 Å². The van der Waals surface area contributed by atoms with Crippen molar-refractivity contribution in [3.05, 3.63) is 34.9 Å². The van der Waals surface area contributed by atoms with Gasteiger partial charge < -0.3 is 9.84 Å². The highest BCUT2D eigenvalue weighted by molar-refractivity contribution is 5.98. The van der Waals surface area contributed by atoms with Gasteiger partial charge in [0, 0.05) is 0 Å². The summed E-state index contributed by atoms with van der Waals surface area (Å²) in [4.78, 5) is 11.4. The molecule has 1 aromatic rings. The number of hydrogen-bond acceptors (Lipinski definition) is 2. The predicted octanol–water partition coefficient (Wildman–Crippen LogP) is 4.16. The van der Waals surface area contributed by atoms with Crippen LogP contribution in [0.5, 0.6) is 5.75 Å². The van der Waals surface area contributed by atoms with Crippen LogP contribution in [0.1, 0.15) is 55.1 Å². The Morgan fingerprint density at radius 1 is 1.32 bits per heavy atom. The lowest BCUT2D eigenvalue weighted by Gasteiger charge is -2.22. The van der Waals surface area contributed by atoms with E-state index in [4.69, 9.17) is 4.74 Å². The van der Waals surface area contributed by atoms with Gasteiger partial charge in [0.2, 0.25) is 0 Å². The highest BCUT2D eigenvalue weighted by Crippen LogP contribution is 2.37. The van der Waals surface area contributed by atoms with Gasteiger partial charge in [0.05, 0.1) is 7.11 Å². The number of carbonyl (C=O) groups is 1. The van der Waals surface area contributed by atoms with E-state index in [-0.39, 0.29) is 0 Å². The van der Waals surface area contributed by atoms with Gasteiger partial charge in [0.25, 0.3) is 0 Å². The number of aryl methyl sites for hydroxylation is 1. The summed E-state index contributed by atoms with van der Waals surface area (Å²) in [5, 5.41) is 9.36. The summed E-state index contributed by atoms with van der Waals surface area (Å²) in [6.07, 6.45) is 4.97. The number of aromatic carboxylic acids is 1. The molecule has 0 saturated heterocycles. The predicted molar refractivity (Wildman–Crippen MR) is 77.9 cm³/mol. The molecule has 1 aromatic carbocycles. The Hall–Kier alpha value is -1.77. The van der Waals surface area contributed by atoms with Gasteiger partial charge in [0.1, 0.15) is 11.3 Å². The molecule has 0 unspecified atom stereocenters. The minimum atomic E-state index is -0.917. The number of fused-ring (bicyclic) bond motifs is 1. The Morgan fingerprint density at radius 3 is 2.53 bits per heavy atom. The fraction of sp³-hybridized carbons (Fsp3) is 0.438. The summed E-state index contributed by atoms with van der Waals surface area (Å²) >= 11 is 0. The van der Waals surface area contributed by atoms with Gasteiger partial charge in [0.15, 0.2) is 0 Å². The summed E-state index contributed by atoms with van der Waals surface area (Å²) in [6, 6.07) is 3.73. The van der Waals surface area contributed by atoms with Gasteiger partial charge in [-0.3, -0.25) is 0 Å². The number of carboxylic acid groups (broad SMARTS) is 1. The van der Waals surface area contributed by atoms with E-state index in [0.717, 1.165) is 36.0 Å². The average molecular weight is 262 g/mol. The van der Waals surface area contributed by atoms with Crippen LogP contribution in [0.4, 0.5) is 0 Å². The molecule has 1 aliphatic rings. The largest absolute Gasteiger partial charge is 0.496 e. The lowest BCUT2D eigenvalue weighted by atomic mass is 9.84. The Kier molecular flexibility index (Phi) is 5.61. The van der Waals surface area contributed by atoms with Crippen LogP contribution in [0.2, 0.25) is 0 Å². The number of methoxy groups -OCH3 is 1. The molecule has 19 heavy (non-hydrogen) atoms. The highest BCUT2D eigenvalue weighted by atomic mass is 16.5. The molecule has 0 atom stereocenters. The molecule has 0 bridgehead atoms. The van der Waals surface area contributed by atoms with Crippen LogP contribution >= 0.6 is 0 Å². The Balaban J connectivity index is 0.000000861. The molecule has 0 heterocycles. The van der Waals surface area contributed by atoms with Crippen molar-refractivity contribution >= 4 is 11.5 Å². The first-order valence-electron chi connectivity index (χ1n) is 6.77. The van der Waals surface area contributed by atoms with Gasteiger partial charge in [-0.2, -0.15) is 0 Å². The van der Waals surface area contributed by atoms with Crippen molar-refractivity contribution in [1.29, 1.82) is 0 Å². The van der Waals surface area contributed by atoms with E-state index in [9.17, 15) is 9.90 Å². The van der Waals surface area contributed by atoms with Crippen molar-refractivity contribution in [3.8, 4) is 5.75 Å². The van der Waals surface area contributed by atoms with Crippen molar-refractivity contribution < 1.29 is 14.6 Å². The second-order valence-corrected chi connectivity index (χ2v) is 4.15. The number of hydrogen-bond donors (Lipinski definition) is 1. The van der Waals surface area contributed by atoms with Crippen LogP contribution in [0.25, 0.3) is 5.57 Å². The number of rotatable bonds is 2. The molecule has 1 N–H and O–H groups in total. The van der Waals surface area contributed by atoms with Crippen LogP contribution in [0.3, 0.4) is 0 Å². The van der Waals surface area contributed by atoms with E-state index in [0.29, 0.717) is 11.3 Å². The SMILES string of the molecule is C/C=C1\CCCc2ccc(OC)c(C(=O)O)c21.CC. The van der Waals surface area contributed by atoms with Crippen molar-refractivity contribution in [2.24, 2.45) is 0 Å². The Labute approximate surface area is 114 Å². The fourth-order valence-electron chi connectivity index (χ4n) is 2.47. The molecule has 0 spiro atoms. The standard InChI is InChI=1S/C14H16O3.C2H6/c1-3-9-5-4-6-10-7-8-11(17-2)13(12(9)10)14(15)16;1-2/h3,7-8H,4-6H2,1-2H3,(H,15,16);1-2H3/b9-3+;. The van der Waals surface area contributed by atoms with Gasteiger partial charge >= 0.3 is 5.97 Å². The quantitative estimate of drug-likeness (QED) is 0.870. The summed E-state index contributed by atoms with van der Waals surface area (Å²) in [5.74, 6) is -0.475. The number of ether oxygens (including phenoxy) is 1. The topological polar surface area (TPSA) is 46.5 Å². The molecule has 0 saturated carbocycles. The third-order valence-electron chi connectivity index (χ3n) is 3.25. The third kappa shape index (κ3) is 2.98. The molecule has 3 nitrogen and oxygen atoms in total. The normalized spacial score (nSPS) is 15.3.